The lowest BCUT2D eigenvalue weighted by Crippen LogP contribution is -2.35. The van der Waals surface area contributed by atoms with Crippen LogP contribution in [0.1, 0.15) is 25.7 Å². The zero-order chi connectivity index (χ0) is 14.4. The number of hydrogen-bond acceptors (Lipinski definition) is 4. The maximum Gasteiger partial charge on any atom is 0.330 e. The van der Waals surface area contributed by atoms with E-state index >= 15 is 0 Å². The molecule has 2 N–H and O–H groups in total. The quantitative estimate of drug-likeness (QED) is 0.557. The first kappa shape index (κ1) is 15.2. The molecule has 1 rings (SSSR count). The molecule has 0 spiro atoms. The largest absolute Gasteiger partial charge is 0.481 e. The lowest BCUT2D eigenvalue weighted by Gasteiger charge is -2.31. The van der Waals surface area contributed by atoms with Crippen LogP contribution in [0.25, 0.3) is 0 Å². The van der Waals surface area contributed by atoms with Crippen LogP contribution in [0.4, 0.5) is 0 Å². The summed E-state index contributed by atoms with van der Waals surface area (Å²) in [6, 6.07) is 0. The third-order valence-corrected chi connectivity index (χ3v) is 3.53. The van der Waals surface area contributed by atoms with Crippen molar-refractivity contribution >= 4 is 17.9 Å². The van der Waals surface area contributed by atoms with Gasteiger partial charge in [-0.05, 0) is 31.6 Å². The third kappa shape index (κ3) is 4.39. The predicted molar refractivity (Wildman–Crippen MR) is 65.4 cm³/mol. The highest BCUT2D eigenvalue weighted by molar-refractivity contribution is 5.81. The molecule has 0 aliphatic heterocycles. The second kappa shape index (κ2) is 6.92. The molecule has 0 aromatic carbocycles. The predicted octanol–water partition coefficient (Wildman–Crippen LogP) is 1.31. The van der Waals surface area contributed by atoms with Crippen molar-refractivity contribution in [3.63, 3.8) is 0 Å². The van der Waals surface area contributed by atoms with Crippen molar-refractivity contribution in [1.29, 1.82) is 0 Å². The van der Waals surface area contributed by atoms with Crippen LogP contribution < -0.4 is 0 Å². The van der Waals surface area contributed by atoms with Gasteiger partial charge in [-0.25, -0.2) is 4.79 Å². The van der Waals surface area contributed by atoms with Crippen LogP contribution in [0.3, 0.4) is 0 Å². The van der Waals surface area contributed by atoms with E-state index in [0.29, 0.717) is 25.7 Å². The van der Waals surface area contributed by atoms with Gasteiger partial charge in [-0.3, -0.25) is 9.59 Å². The van der Waals surface area contributed by atoms with Crippen LogP contribution in [-0.2, 0) is 19.1 Å². The molecule has 0 heterocycles. The first-order valence-electron chi connectivity index (χ1n) is 6.20. The Morgan fingerprint density at radius 3 is 2.32 bits per heavy atom. The summed E-state index contributed by atoms with van der Waals surface area (Å²) in [6.07, 6.45) is 2.94. The van der Waals surface area contributed by atoms with Crippen LogP contribution in [-0.4, -0.2) is 34.7 Å². The molecule has 3 atom stereocenters. The fourth-order valence-electron chi connectivity index (χ4n) is 2.47. The van der Waals surface area contributed by atoms with Crippen molar-refractivity contribution in [1.82, 2.24) is 0 Å². The summed E-state index contributed by atoms with van der Waals surface area (Å²) >= 11 is 0. The van der Waals surface area contributed by atoms with E-state index in [0.717, 1.165) is 6.08 Å². The van der Waals surface area contributed by atoms with Crippen molar-refractivity contribution in [3.05, 3.63) is 12.7 Å². The van der Waals surface area contributed by atoms with E-state index in [2.05, 4.69) is 6.58 Å². The fourth-order valence-corrected chi connectivity index (χ4v) is 2.47. The number of carboxylic acid groups (broad SMARTS) is 2. The molecule has 6 heteroatoms. The van der Waals surface area contributed by atoms with Gasteiger partial charge in [0, 0.05) is 6.08 Å². The molecule has 1 aliphatic rings. The molecule has 3 unspecified atom stereocenters. The van der Waals surface area contributed by atoms with Crippen molar-refractivity contribution in [2.45, 2.75) is 25.7 Å². The number of hydrogen-bond donors (Lipinski definition) is 2. The van der Waals surface area contributed by atoms with Gasteiger partial charge in [0.25, 0.3) is 0 Å². The molecule has 0 bridgehead atoms. The SMILES string of the molecule is C=CC(=O)OCCC1CCC(C(=O)O)C(C(=O)O)C1. The van der Waals surface area contributed by atoms with Gasteiger partial charge < -0.3 is 14.9 Å². The summed E-state index contributed by atoms with van der Waals surface area (Å²) < 4.78 is 4.84. The summed E-state index contributed by atoms with van der Waals surface area (Å²) in [4.78, 5) is 32.9. The van der Waals surface area contributed by atoms with Crippen molar-refractivity contribution < 1.29 is 29.3 Å². The molecule has 0 saturated heterocycles. The van der Waals surface area contributed by atoms with Gasteiger partial charge in [0.15, 0.2) is 0 Å². The fraction of sp³-hybridized carbons (Fsp3) is 0.615. The van der Waals surface area contributed by atoms with Crippen LogP contribution in [0.2, 0.25) is 0 Å². The molecule has 0 aromatic rings. The molecular formula is C13H18O6. The lowest BCUT2D eigenvalue weighted by molar-refractivity contribution is -0.156. The molecule has 1 aliphatic carbocycles. The second-order valence-corrected chi connectivity index (χ2v) is 4.73. The average Bonchev–Trinajstić information content (AvgIpc) is 2.38. The minimum Gasteiger partial charge on any atom is -0.481 e. The zero-order valence-electron chi connectivity index (χ0n) is 10.6. The topological polar surface area (TPSA) is 101 Å². The molecule has 0 aromatic heterocycles. The summed E-state index contributed by atoms with van der Waals surface area (Å²) in [5.74, 6) is -4.22. The Balaban J connectivity index is 2.48. The Morgan fingerprint density at radius 1 is 1.16 bits per heavy atom. The number of rotatable bonds is 6. The van der Waals surface area contributed by atoms with E-state index in [1.54, 1.807) is 0 Å². The van der Waals surface area contributed by atoms with Crippen molar-refractivity contribution in [2.75, 3.05) is 6.61 Å². The van der Waals surface area contributed by atoms with E-state index in [1.165, 1.54) is 0 Å². The minimum absolute atomic E-state index is 0.0781. The summed E-state index contributed by atoms with van der Waals surface area (Å²) in [6.45, 7) is 3.48. The Hall–Kier alpha value is -1.85. The third-order valence-electron chi connectivity index (χ3n) is 3.53. The first-order chi connectivity index (χ1) is 8.95. The van der Waals surface area contributed by atoms with Gasteiger partial charge >= 0.3 is 17.9 Å². The zero-order valence-corrected chi connectivity index (χ0v) is 10.6. The number of carboxylic acids is 2. The Labute approximate surface area is 111 Å². The highest BCUT2D eigenvalue weighted by atomic mass is 16.5. The maximum absolute atomic E-state index is 11.1. The lowest BCUT2D eigenvalue weighted by atomic mass is 9.73. The first-order valence-corrected chi connectivity index (χ1v) is 6.20. The van der Waals surface area contributed by atoms with E-state index in [4.69, 9.17) is 14.9 Å². The Bertz CT molecular complexity index is 375. The molecule has 1 saturated carbocycles. The average molecular weight is 270 g/mol. The second-order valence-electron chi connectivity index (χ2n) is 4.73. The number of carbonyl (C=O) groups excluding carboxylic acids is 1. The smallest absolute Gasteiger partial charge is 0.330 e. The summed E-state index contributed by atoms with van der Waals surface area (Å²) in [7, 11) is 0. The Morgan fingerprint density at radius 2 is 1.79 bits per heavy atom. The number of aliphatic carboxylic acids is 2. The van der Waals surface area contributed by atoms with Gasteiger partial charge in [0.1, 0.15) is 0 Å². The minimum atomic E-state index is -1.07. The highest BCUT2D eigenvalue weighted by Crippen LogP contribution is 2.36. The molecule has 106 valence electrons. The maximum atomic E-state index is 11.1. The normalized spacial score (nSPS) is 26.4. The number of esters is 1. The van der Waals surface area contributed by atoms with Gasteiger partial charge in [-0.15, -0.1) is 0 Å². The van der Waals surface area contributed by atoms with Crippen molar-refractivity contribution in [3.8, 4) is 0 Å². The van der Waals surface area contributed by atoms with Gasteiger partial charge in [-0.1, -0.05) is 6.58 Å². The Kier molecular flexibility index (Phi) is 5.54. The number of ether oxygens (including phenoxy) is 1. The number of carbonyl (C=O) groups is 3. The highest BCUT2D eigenvalue weighted by Gasteiger charge is 2.39. The molecule has 1 fully saturated rings. The summed E-state index contributed by atoms with van der Waals surface area (Å²) in [5, 5.41) is 18.0. The van der Waals surface area contributed by atoms with E-state index in [9.17, 15) is 14.4 Å². The molecular weight excluding hydrogens is 252 g/mol. The van der Waals surface area contributed by atoms with Gasteiger partial charge in [0.2, 0.25) is 0 Å². The van der Waals surface area contributed by atoms with Crippen LogP contribution in [0.5, 0.6) is 0 Å². The standard InChI is InChI=1S/C13H18O6/c1-2-11(14)19-6-5-8-3-4-9(12(15)16)10(7-8)13(17)18/h2,8-10H,1,3-7H2,(H,15,16)(H,17,18). The molecule has 0 amide bonds. The molecule has 0 radical (unpaired) electrons. The van der Waals surface area contributed by atoms with Gasteiger partial charge in [-0.2, -0.15) is 0 Å². The summed E-state index contributed by atoms with van der Waals surface area (Å²) in [5.41, 5.74) is 0. The van der Waals surface area contributed by atoms with E-state index in [1.807, 2.05) is 0 Å². The van der Waals surface area contributed by atoms with Crippen LogP contribution in [0, 0.1) is 17.8 Å². The van der Waals surface area contributed by atoms with Gasteiger partial charge in [0.05, 0.1) is 18.4 Å². The van der Waals surface area contributed by atoms with E-state index in [-0.39, 0.29) is 12.5 Å². The van der Waals surface area contributed by atoms with Crippen LogP contribution >= 0.6 is 0 Å². The van der Waals surface area contributed by atoms with E-state index < -0.39 is 29.7 Å². The molecule has 19 heavy (non-hydrogen) atoms. The van der Waals surface area contributed by atoms with Crippen molar-refractivity contribution in [2.24, 2.45) is 17.8 Å². The van der Waals surface area contributed by atoms with Crippen LogP contribution in [0.15, 0.2) is 12.7 Å². The molecule has 6 nitrogen and oxygen atoms in total. The monoisotopic (exact) mass is 270 g/mol.